The van der Waals surface area contributed by atoms with Crippen molar-refractivity contribution in [2.24, 2.45) is 0 Å². The first kappa shape index (κ1) is 18.9. The minimum atomic E-state index is -0.413. The second-order valence-electron chi connectivity index (χ2n) is 6.61. The van der Waals surface area contributed by atoms with Gasteiger partial charge in [-0.05, 0) is 60.0 Å². The largest absolute Gasteiger partial charge is 0.452 e. The number of hydrogen-bond acceptors (Lipinski definition) is 5. The van der Waals surface area contributed by atoms with E-state index in [4.69, 9.17) is 21.1 Å². The summed E-state index contributed by atoms with van der Waals surface area (Å²) in [6.45, 7) is 1.78. The van der Waals surface area contributed by atoms with E-state index in [-0.39, 0.29) is 18.0 Å². The molecule has 0 unspecified atom stereocenters. The maximum absolute atomic E-state index is 12.7. The highest BCUT2D eigenvalue weighted by atomic mass is 35.5. The quantitative estimate of drug-likeness (QED) is 0.354. The zero-order valence-corrected chi connectivity index (χ0v) is 16.3. The molecule has 6 heteroatoms. The molecule has 0 N–H and O–H groups in total. The van der Waals surface area contributed by atoms with Crippen LogP contribution in [0.25, 0.3) is 6.08 Å². The van der Waals surface area contributed by atoms with E-state index in [9.17, 15) is 9.59 Å². The van der Waals surface area contributed by atoms with E-state index in [1.54, 1.807) is 73.9 Å². The average Bonchev–Trinajstić information content (AvgIpc) is 3.00. The lowest BCUT2D eigenvalue weighted by atomic mass is 10.0. The van der Waals surface area contributed by atoms with Gasteiger partial charge in [-0.2, -0.15) is 0 Å². The third-order valence-corrected chi connectivity index (χ3v) is 4.69. The van der Waals surface area contributed by atoms with Gasteiger partial charge < -0.3 is 9.47 Å². The third kappa shape index (κ3) is 4.20. The fourth-order valence-corrected chi connectivity index (χ4v) is 3.21. The number of rotatable bonds is 4. The van der Waals surface area contributed by atoms with Gasteiger partial charge in [-0.15, -0.1) is 0 Å². The van der Waals surface area contributed by atoms with Crippen LogP contribution in [0.3, 0.4) is 0 Å². The van der Waals surface area contributed by atoms with Gasteiger partial charge in [-0.3, -0.25) is 14.6 Å². The Balaban J connectivity index is 1.53. The number of ether oxygens (including phenoxy) is 2. The highest BCUT2D eigenvalue weighted by Gasteiger charge is 2.30. The Labute approximate surface area is 172 Å². The average molecular weight is 406 g/mol. The zero-order chi connectivity index (χ0) is 20.4. The summed E-state index contributed by atoms with van der Waals surface area (Å²) in [4.78, 5) is 28.9. The van der Waals surface area contributed by atoms with Crippen molar-refractivity contribution in [1.29, 1.82) is 0 Å². The number of aromatic nitrogens is 1. The Morgan fingerprint density at radius 3 is 2.59 bits per heavy atom. The molecule has 0 atom stereocenters. The van der Waals surface area contributed by atoms with Crippen LogP contribution in [0.4, 0.5) is 0 Å². The summed E-state index contributed by atoms with van der Waals surface area (Å²) >= 11 is 5.86. The molecule has 1 aromatic heterocycles. The Bertz CT molecular complexity index is 1120. The maximum atomic E-state index is 12.7. The molecule has 2 aromatic carbocycles. The zero-order valence-electron chi connectivity index (χ0n) is 15.5. The highest BCUT2D eigenvalue weighted by molar-refractivity contribution is 6.30. The first-order valence-corrected chi connectivity index (χ1v) is 9.31. The first-order valence-electron chi connectivity index (χ1n) is 8.93. The van der Waals surface area contributed by atoms with Crippen LogP contribution in [-0.4, -0.2) is 16.7 Å². The third-order valence-electron chi connectivity index (χ3n) is 4.44. The molecule has 4 rings (SSSR count). The molecule has 0 aliphatic carbocycles. The van der Waals surface area contributed by atoms with Crippen molar-refractivity contribution < 1.29 is 19.1 Å². The van der Waals surface area contributed by atoms with Gasteiger partial charge in [0.25, 0.3) is 0 Å². The molecule has 3 aromatic rings. The topological polar surface area (TPSA) is 65.5 Å². The summed E-state index contributed by atoms with van der Waals surface area (Å²) in [5, 5.41) is 0.605. The summed E-state index contributed by atoms with van der Waals surface area (Å²) in [5.74, 6) is 0.318. The van der Waals surface area contributed by atoms with Crippen LogP contribution in [0.1, 0.15) is 27.0 Å². The molecule has 0 spiro atoms. The molecule has 1 aliphatic heterocycles. The number of aryl methyl sites for hydroxylation is 1. The van der Waals surface area contributed by atoms with Gasteiger partial charge in [0.1, 0.15) is 11.5 Å². The standard InChI is InChI=1S/C23H16ClNO4/c1-14-10-18(28-21(26)12-15-2-4-17(24)5-3-15)13-19-22(14)23(27)20(29-19)11-16-6-8-25-9-7-16/h2-11,13H,12H2,1H3/b20-11-. The van der Waals surface area contributed by atoms with E-state index in [2.05, 4.69) is 4.98 Å². The molecule has 144 valence electrons. The van der Waals surface area contributed by atoms with E-state index in [1.807, 2.05) is 0 Å². The summed E-state index contributed by atoms with van der Waals surface area (Å²) in [7, 11) is 0. The van der Waals surface area contributed by atoms with Crippen molar-refractivity contribution >= 4 is 29.4 Å². The Kier molecular flexibility index (Phi) is 5.14. The van der Waals surface area contributed by atoms with Crippen LogP contribution in [0.15, 0.2) is 66.7 Å². The fourth-order valence-electron chi connectivity index (χ4n) is 3.08. The van der Waals surface area contributed by atoms with E-state index in [1.165, 1.54) is 0 Å². The highest BCUT2D eigenvalue weighted by Crippen LogP contribution is 2.37. The Hall–Kier alpha value is -3.44. The van der Waals surface area contributed by atoms with Gasteiger partial charge in [0, 0.05) is 23.5 Å². The number of ketones is 1. The van der Waals surface area contributed by atoms with Crippen LogP contribution in [0.5, 0.6) is 11.5 Å². The number of allylic oxidation sites excluding steroid dienone is 1. The van der Waals surface area contributed by atoms with E-state index in [0.29, 0.717) is 27.6 Å². The molecule has 29 heavy (non-hydrogen) atoms. The number of esters is 1. The van der Waals surface area contributed by atoms with Crippen molar-refractivity contribution in [3.05, 3.63) is 94.0 Å². The molecule has 0 saturated heterocycles. The predicted molar refractivity (Wildman–Crippen MR) is 109 cm³/mol. The number of carbonyl (C=O) groups excluding carboxylic acids is 2. The van der Waals surface area contributed by atoms with Crippen molar-refractivity contribution in [3.8, 4) is 11.5 Å². The number of hydrogen-bond donors (Lipinski definition) is 0. The van der Waals surface area contributed by atoms with Gasteiger partial charge in [-0.1, -0.05) is 23.7 Å². The summed E-state index contributed by atoms with van der Waals surface area (Å²) in [6, 6.07) is 13.8. The van der Waals surface area contributed by atoms with Crippen molar-refractivity contribution in [1.82, 2.24) is 4.98 Å². The van der Waals surface area contributed by atoms with Gasteiger partial charge in [0.05, 0.1) is 12.0 Å². The smallest absolute Gasteiger partial charge is 0.315 e. The molecule has 0 radical (unpaired) electrons. The number of nitrogens with zero attached hydrogens (tertiary/aromatic N) is 1. The Morgan fingerprint density at radius 2 is 1.86 bits per heavy atom. The van der Waals surface area contributed by atoms with Crippen molar-refractivity contribution in [2.75, 3.05) is 0 Å². The summed E-state index contributed by atoms with van der Waals surface area (Å²) in [6.07, 6.45) is 5.06. The SMILES string of the molecule is Cc1cc(OC(=O)Cc2ccc(Cl)cc2)cc2c1C(=O)/C(=C/c1ccncc1)O2. The monoisotopic (exact) mass is 405 g/mol. The van der Waals surface area contributed by atoms with Crippen LogP contribution in [0, 0.1) is 6.92 Å². The minimum Gasteiger partial charge on any atom is -0.452 e. The molecule has 0 bridgehead atoms. The molecule has 0 saturated carbocycles. The fraction of sp³-hybridized carbons (Fsp3) is 0.0870. The molecule has 1 aliphatic rings. The number of pyridine rings is 1. The van der Waals surface area contributed by atoms with Crippen molar-refractivity contribution in [3.63, 3.8) is 0 Å². The second-order valence-corrected chi connectivity index (χ2v) is 7.05. The number of benzene rings is 2. The number of fused-ring (bicyclic) bond motifs is 1. The molecule has 2 heterocycles. The van der Waals surface area contributed by atoms with E-state index < -0.39 is 5.97 Å². The number of Topliss-reactive ketones (excluding diaryl/α,β-unsaturated/α-hetero) is 1. The molecule has 0 amide bonds. The lowest BCUT2D eigenvalue weighted by Crippen LogP contribution is -2.11. The van der Waals surface area contributed by atoms with Crippen LogP contribution in [-0.2, 0) is 11.2 Å². The summed E-state index contributed by atoms with van der Waals surface area (Å²) < 4.78 is 11.2. The number of halogens is 1. The Morgan fingerprint density at radius 1 is 1.14 bits per heavy atom. The van der Waals surface area contributed by atoms with Gasteiger partial charge in [0.15, 0.2) is 5.76 Å². The first-order chi connectivity index (χ1) is 14.0. The van der Waals surface area contributed by atoms with Crippen molar-refractivity contribution in [2.45, 2.75) is 13.3 Å². The maximum Gasteiger partial charge on any atom is 0.315 e. The molecular weight excluding hydrogens is 390 g/mol. The van der Waals surface area contributed by atoms with E-state index >= 15 is 0 Å². The van der Waals surface area contributed by atoms with Crippen LogP contribution < -0.4 is 9.47 Å². The van der Waals surface area contributed by atoms with Crippen LogP contribution in [0.2, 0.25) is 5.02 Å². The predicted octanol–water partition coefficient (Wildman–Crippen LogP) is 4.81. The van der Waals surface area contributed by atoms with Gasteiger partial charge >= 0.3 is 5.97 Å². The normalized spacial score (nSPS) is 13.9. The van der Waals surface area contributed by atoms with E-state index in [0.717, 1.165) is 11.1 Å². The molecule has 5 nitrogen and oxygen atoms in total. The van der Waals surface area contributed by atoms with Gasteiger partial charge in [-0.25, -0.2) is 0 Å². The molecular formula is C23H16ClNO4. The number of carbonyl (C=O) groups is 2. The summed E-state index contributed by atoms with van der Waals surface area (Å²) in [5.41, 5.74) is 2.76. The van der Waals surface area contributed by atoms with Gasteiger partial charge in [0.2, 0.25) is 5.78 Å². The second kappa shape index (κ2) is 7.89. The van der Waals surface area contributed by atoms with Crippen LogP contribution >= 0.6 is 11.6 Å². The lowest BCUT2D eigenvalue weighted by molar-refractivity contribution is -0.133. The molecule has 0 fully saturated rings. The minimum absolute atomic E-state index is 0.111. The lowest BCUT2D eigenvalue weighted by Gasteiger charge is -2.08.